The molecular weight excluding hydrogens is 1550 g/mol. The van der Waals surface area contributed by atoms with Gasteiger partial charge in [-0.25, -0.2) is 26.5 Å². The highest BCUT2D eigenvalue weighted by molar-refractivity contribution is 7.99. The second-order valence-corrected chi connectivity index (χ2v) is 38.1. The smallest absolute Gasteiger partial charge is 0.391 e. The molecule has 5 aromatic carbocycles. The van der Waals surface area contributed by atoms with Crippen molar-refractivity contribution in [2.24, 2.45) is 10.8 Å². The Kier molecular flexibility index (Phi) is 29.5. The lowest BCUT2D eigenvalue weighted by atomic mass is 9.71. The van der Waals surface area contributed by atoms with Crippen molar-refractivity contribution in [1.29, 1.82) is 0 Å². The van der Waals surface area contributed by atoms with Gasteiger partial charge in [-0.3, -0.25) is 33.8 Å². The molecule has 5 aliphatic rings. The number of carbonyl (C=O) groups is 5. The highest BCUT2D eigenvalue weighted by Gasteiger charge is 2.49. The predicted molar refractivity (Wildman–Crippen MR) is 438 cm³/mol. The second-order valence-electron chi connectivity index (χ2n) is 32.1. The number of piperazine rings is 1. The number of piperidine rings is 1. The van der Waals surface area contributed by atoms with E-state index in [1.807, 2.05) is 112 Å². The number of thiazole rings is 1. The summed E-state index contributed by atoms with van der Waals surface area (Å²) in [6, 6.07) is 31.4. The molecular formula is C83H107ClF3N11O11S4. The fourth-order valence-corrected chi connectivity index (χ4v) is 19.8. The summed E-state index contributed by atoms with van der Waals surface area (Å²) >= 11 is 9.41. The lowest BCUT2D eigenvalue weighted by Gasteiger charge is -2.44. The number of unbranched alkanes of at least 4 members (excludes halogenated alkanes) is 3. The van der Waals surface area contributed by atoms with Crippen molar-refractivity contribution in [3.63, 3.8) is 0 Å². The Bertz CT molecular complexity index is 4520. The zero-order valence-corrected chi connectivity index (χ0v) is 69.3. The number of aromatic nitrogens is 1. The van der Waals surface area contributed by atoms with E-state index in [-0.39, 0.29) is 60.2 Å². The van der Waals surface area contributed by atoms with Gasteiger partial charge in [0.15, 0.2) is 0 Å². The Hall–Kier alpha value is -7.45. The Morgan fingerprint density at radius 2 is 1.47 bits per heavy atom. The molecule has 1 aromatic heterocycles. The monoisotopic (exact) mass is 1650 g/mol. The number of allylic oxidation sites excluding steroid dienone is 1. The molecule has 4 saturated heterocycles. The molecule has 113 heavy (non-hydrogen) atoms. The number of morpholine rings is 1. The van der Waals surface area contributed by atoms with E-state index in [0.29, 0.717) is 88.5 Å². The third kappa shape index (κ3) is 23.4. The Labute approximate surface area is 676 Å². The molecule has 5 amide bonds. The number of alkyl halides is 3. The number of ether oxygens (including phenoxy) is 1. The van der Waals surface area contributed by atoms with Crippen molar-refractivity contribution in [3.05, 3.63) is 160 Å². The number of hydrogen-bond donors (Lipinski definition) is 6. The van der Waals surface area contributed by atoms with E-state index < -0.39 is 82.3 Å². The first kappa shape index (κ1) is 86.4. The number of likely N-dealkylation sites (tertiary alicyclic amines) is 2. The van der Waals surface area contributed by atoms with Crippen molar-refractivity contribution in [3.8, 4) is 10.4 Å². The topological polar surface area (TPSA) is 272 Å². The average Bonchev–Trinajstić information content (AvgIpc) is 1.32. The highest BCUT2D eigenvalue weighted by Crippen LogP contribution is 2.45. The Balaban J connectivity index is 0.626. The molecule has 0 spiro atoms. The van der Waals surface area contributed by atoms with Crippen LogP contribution in [0.5, 0.6) is 0 Å². The van der Waals surface area contributed by atoms with Gasteiger partial charge in [-0.1, -0.05) is 112 Å². The maximum Gasteiger partial charge on any atom is 0.501 e. The van der Waals surface area contributed by atoms with Crippen LogP contribution in [0.2, 0.25) is 5.02 Å². The SMILES string of the molecule is Cc1ncsc1-c1ccc([C@H](C)NC(=O)[C@@H]2C[C@@H](O)CN2C(=O)[C@@H](NC(=O)CCCCCCC(=O)N[C@@H]2CCCN(CC3(C)CCC(c4ccc(Cl)cc4)=C(CN4CCN(c5ccc(C(=O)NS(=O)(=O)c6ccc(N[C@H](CCN7CCOCC7)CSc7ccccc7)c(S(=O)(=O)C(F)(F)F)c6)cc5)CC4)C3)C2)C(C)(C)C)cc1. The van der Waals surface area contributed by atoms with Gasteiger partial charge in [-0.2, -0.15) is 13.2 Å². The van der Waals surface area contributed by atoms with Gasteiger partial charge in [-0.05, 0) is 172 Å². The van der Waals surface area contributed by atoms with Crippen LogP contribution in [0.4, 0.5) is 24.5 Å². The summed E-state index contributed by atoms with van der Waals surface area (Å²) in [5, 5.41) is 23.8. The number of hydrogen-bond acceptors (Lipinski definition) is 19. The number of nitrogens with one attached hydrogen (secondary N) is 5. The molecule has 4 fully saturated rings. The molecule has 22 nitrogen and oxygen atoms in total. The quantitative estimate of drug-likeness (QED) is 0.0169. The van der Waals surface area contributed by atoms with Crippen molar-refractivity contribution < 1.29 is 63.8 Å². The van der Waals surface area contributed by atoms with E-state index in [2.05, 4.69) is 64.9 Å². The molecule has 1 unspecified atom stereocenters. The number of aliphatic hydroxyl groups excluding tert-OH is 1. The molecule has 1 aliphatic carbocycles. The molecule has 5 heterocycles. The summed E-state index contributed by atoms with van der Waals surface area (Å²) in [7, 11) is -11.0. The third-order valence-corrected chi connectivity index (χ3v) is 27.4. The third-order valence-electron chi connectivity index (χ3n) is 22.1. The average molecular weight is 1660 g/mol. The van der Waals surface area contributed by atoms with Crippen molar-refractivity contribution in [2.75, 3.05) is 108 Å². The summed E-state index contributed by atoms with van der Waals surface area (Å²) < 4.78 is 105. The zero-order chi connectivity index (χ0) is 80.8. The van der Waals surface area contributed by atoms with E-state index in [9.17, 15) is 59.1 Å². The number of aliphatic hydroxyl groups is 1. The normalized spacial score (nSPS) is 20.6. The first-order chi connectivity index (χ1) is 53.8. The summed E-state index contributed by atoms with van der Waals surface area (Å²) in [5.41, 5.74) is 2.34. The van der Waals surface area contributed by atoms with Gasteiger partial charge in [-0.15, -0.1) is 23.1 Å². The van der Waals surface area contributed by atoms with Crippen LogP contribution < -0.4 is 30.9 Å². The number of halogens is 4. The number of benzene rings is 5. The minimum Gasteiger partial charge on any atom is -0.391 e. The molecule has 0 saturated carbocycles. The minimum atomic E-state index is -6.11. The van der Waals surface area contributed by atoms with Crippen LogP contribution in [0.1, 0.15) is 151 Å². The highest BCUT2D eigenvalue weighted by atomic mass is 35.5. The number of sulfonamides is 1. The first-order valence-electron chi connectivity index (χ1n) is 39.2. The summed E-state index contributed by atoms with van der Waals surface area (Å²) in [6.45, 7) is 20.8. The van der Waals surface area contributed by atoms with Gasteiger partial charge in [0.05, 0.1) is 52.0 Å². The second kappa shape index (κ2) is 38.5. The number of anilines is 2. The van der Waals surface area contributed by atoms with Crippen LogP contribution in [0.3, 0.4) is 0 Å². The van der Waals surface area contributed by atoms with Gasteiger partial charge >= 0.3 is 5.51 Å². The molecule has 4 aliphatic heterocycles. The summed E-state index contributed by atoms with van der Waals surface area (Å²) in [4.78, 5) is 83.7. The predicted octanol–water partition coefficient (Wildman–Crippen LogP) is 12.5. The number of aryl methyl sites for hydroxylation is 1. The van der Waals surface area contributed by atoms with Gasteiger partial charge < -0.3 is 45.8 Å². The van der Waals surface area contributed by atoms with E-state index in [4.69, 9.17) is 16.3 Å². The number of β-amino-alcohol motifs (C(OH)–C–C–N with tert-alkyl or cyclic N) is 1. The molecule has 612 valence electrons. The van der Waals surface area contributed by atoms with Crippen LogP contribution in [-0.2, 0) is 43.8 Å². The molecule has 0 bridgehead atoms. The fourth-order valence-electron chi connectivity index (χ4n) is 15.9. The van der Waals surface area contributed by atoms with E-state index in [1.54, 1.807) is 23.5 Å². The van der Waals surface area contributed by atoms with Crippen LogP contribution in [0.15, 0.2) is 147 Å². The molecule has 7 atom stereocenters. The number of amides is 5. The first-order valence-corrected chi connectivity index (χ1v) is 44.4. The maximum absolute atomic E-state index is 14.4. The molecule has 6 aromatic rings. The van der Waals surface area contributed by atoms with Crippen molar-refractivity contribution in [1.82, 2.24) is 45.3 Å². The van der Waals surface area contributed by atoms with E-state index in [0.717, 1.165) is 134 Å². The Morgan fingerprint density at radius 1 is 0.788 bits per heavy atom. The number of nitrogens with zero attached hydrogens (tertiary/aromatic N) is 6. The molecule has 0 radical (unpaired) electrons. The zero-order valence-electron chi connectivity index (χ0n) is 65.2. The van der Waals surface area contributed by atoms with Gasteiger partial charge in [0.2, 0.25) is 23.6 Å². The largest absolute Gasteiger partial charge is 0.501 e. The summed E-state index contributed by atoms with van der Waals surface area (Å²) in [5.74, 6) is -1.77. The molecule has 30 heteroatoms. The van der Waals surface area contributed by atoms with Crippen LogP contribution in [-0.4, -0.2) is 209 Å². The van der Waals surface area contributed by atoms with E-state index >= 15 is 0 Å². The fraction of sp³-hybridized carbons (Fsp3) is 0.518. The maximum atomic E-state index is 14.4. The standard InChI is InChI=1S/C83H107ClF3N11O11S4/c1-56(58-20-22-60(23-21-58)76-57(2)88-55-111-76)89-79(103)72-47-67(99)52-98(72)80(104)77(81(3,4)5)92-75(101)19-13-8-7-12-18-74(100)91-64-15-14-37-96(51-64)54-82(6)36-34-70(59-24-28-63(84)29-25-59)62(49-82)50-95-39-41-97(42-40-95)66-30-26-61(27-31-66)78(102)93-113(107,108)69-32-33-71(73(48-69)112(105,106)83(85,86)87)90-65(35-38-94-43-45-109-46-44-94)53-110-68-16-10-9-11-17-68/h9-11,16-17,20-33,48,55-56,64-65,67,72,77,90,99H,7-8,12-15,18-19,34-47,49-54H2,1-6H3,(H,89,103)(H,91,100)(H,92,101)(H,93,102)/t56-,64+,65+,67+,72-,77+,82?/m0/s1. The van der Waals surface area contributed by atoms with Crippen LogP contribution in [0.25, 0.3) is 16.0 Å². The van der Waals surface area contributed by atoms with Gasteiger partial charge in [0.25, 0.3) is 25.8 Å². The van der Waals surface area contributed by atoms with Gasteiger partial charge in [0.1, 0.15) is 17.0 Å². The lowest BCUT2D eigenvalue weighted by Crippen LogP contribution is -2.57. The van der Waals surface area contributed by atoms with Crippen molar-refractivity contribution in [2.45, 2.75) is 182 Å². The van der Waals surface area contributed by atoms with Crippen molar-refractivity contribution >= 4 is 101 Å². The number of carbonyl (C=O) groups excluding carboxylic acids is 5. The van der Waals surface area contributed by atoms with E-state index in [1.165, 1.54) is 39.9 Å². The molecule has 6 N–H and O–H groups in total. The summed E-state index contributed by atoms with van der Waals surface area (Å²) in [6.07, 6.45) is 7.49. The number of rotatable bonds is 32. The molecule has 11 rings (SSSR count). The van der Waals surface area contributed by atoms with Gasteiger partial charge in [0, 0.05) is 130 Å². The Morgan fingerprint density at radius 3 is 2.13 bits per heavy atom. The minimum absolute atomic E-state index is 0.0128. The lowest BCUT2D eigenvalue weighted by molar-refractivity contribution is -0.144. The number of sulfone groups is 1. The van der Waals surface area contributed by atoms with Crippen LogP contribution in [0, 0.1) is 17.8 Å². The van der Waals surface area contributed by atoms with Crippen LogP contribution >= 0.6 is 34.7 Å². The number of thioether (sulfide) groups is 1.